The van der Waals surface area contributed by atoms with E-state index in [-0.39, 0.29) is 0 Å². The second-order valence-electron chi connectivity index (χ2n) is 12.0. The van der Waals surface area contributed by atoms with Crippen molar-refractivity contribution in [2.75, 3.05) is 13.2 Å². The summed E-state index contributed by atoms with van der Waals surface area (Å²) >= 11 is 5.40. The van der Waals surface area contributed by atoms with Crippen LogP contribution < -0.4 is 0 Å². The lowest BCUT2D eigenvalue weighted by Gasteiger charge is -2.36. The van der Waals surface area contributed by atoms with Crippen molar-refractivity contribution < 1.29 is 9.47 Å². The molecule has 0 heterocycles. The Hall–Kier alpha value is 1.38. The maximum atomic E-state index is 6.57. The molecule has 34 heavy (non-hydrogen) atoms. The van der Waals surface area contributed by atoms with E-state index in [1.165, 1.54) is 116 Å². The molecule has 8 atom stereocenters. The third kappa shape index (κ3) is 10.6. The predicted octanol–water partition coefficient (Wildman–Crippen LogP) is 9.93. The first-order valence-electron chi connectivity index (χ1n) is 15.1. The zero-order valence-electron chi connectivity index (χ0n) is 22.3. The lowest BCUT2D eigenvalue weighted by molar-refractivity contribution is -0.0267. The molecule has 0 amide bonds. The van der Waals surface area contributed by atoms with Crippen molar-refractivity contribution in [1.29, 1.82) is 0 Å². The summed E-state index contributed by atoms with van der Waals surface area (Å²) < 4.78 is 14.6. The third-order valence-corrected chi connectivity index (χ3v) is 11.7. The van der Waals surface area contributed by atoms with E-state index in [1.807, 2.05) is 0 Å². The molecule has 0 aliphatic heterocycles. The Balaban J connectivity index is 1.30. The van der Waals surface area contributed by atoms with E-state index in [9.17, 15) is 0 Å². The van der Waals surface area contributed by atoms with Crippen molar-refractivity contribution in [1.82, 2.24) is 0 Å². The number of ether oxygens (including phenoxy) is 2. The van der Waals surface area contributed by atoms with Crippen LogP contribution in [0.2, 0.25) is 0 Å². The molecule has 3 saturated carbocycles. The van der Waals surface area contributed by atoms with E-state index in [4.69, 9.17) is 9.47 Å². The largest absolute Gasteiger partial charge is 0.377 e. The average molecular weight is 701 g/mol. The summed E-state index contributed by atoms with van der Waals surface area (Å²) in [5, 5.41) is 0. The van der Waals surface area contributed by atoms with Crippen molar-refractivity contribution >= 4 is 45.2 Å². The molecular weight excluding hydrogens is 646 g/mol. The monoisotopic (exact) mass is 700 g/mol. The lowest BCUT2D eigenvalue weighted by Crippen LogP contribution is -2.35. The van der Waals surface area contributed by atoms with Gasteiger partial charge in [-0.15, -0.1) is 0 Å². The molecule has 3 fully saturated rings. The Bertz CT molecular complexity index is 486. The highest BCUT2D eigenvalue weighted by atomic mass is 127. The molecule has 4 heteroatoms. The fraction of sp³-hybridized carbons (Fsp3) is 1.00. The van der Waals surface area contributed by atoms with Crippen LogP contribution in [0.5, 0.6) is 0 Å². The summed E-state index contributed by atoms with van der Waals surface area (Å²) in [6.07, 6.45) is 25.9. The van der Waals surface area contributed by atoms with Crippen molar-refractivity contribution in [3.8, 4) is 0 Å². The molecule has 3 aliphatic rings. The van der Waals surface area contributed by atoms with Crippen LogP contribution in [-0.4, -0.2) is 33.3 Å². The van der Waals surface area contributed by atoms with Crippen LogP contribution in [0, 0.1) is 23.7 Å². The number of rotatable bonds is 14. The molecule has 200 valence electrons. The standard InChI is InChI=1S/C30H54I2O2/c1-3-5-7-10-23-14-16-29(27(31)19-23)33-21-25-12-9-13-26(18-25)22-34-30-17-15-24(20-28(30)32)11-8-6-4-2/h23-30H,3-22H2,1-2H3. The zero-order valence-corrected chi connectivity index (χ0v) is 26.6. The molecule has 0 aromatic heterocycles. The van der Waals surface area contributed by atoms with Crippen LogP contribution >= 0.6 is 45.2 Å². The Morgan fingerprint density at radius 1 is 0.559 bits per heavy atom. The Morgan fingerprint density at radius 2 is 1.03 bits per heavy atom. The van der Waals surface area contributed by atoms with Gasteiger partial charge in [0.2, 0.25) is 0 Å². The summed E-state index contributed by atoms with van der Waals surface area (Å²) in [5.41, 5.74) is 0. The Labute approximate surface area is 239 Å². The number of hydrogen-bond donors (Lipinski definition) is 0. The summed E-state index contributed by atoms with van der Waals surface area (Å²) in [6.45, 7) is 6.63. The number of hydrogen-bond acceptors (Lipinski definition) is 2. The van der Waals surface area contributed by atoms with Crippen LogP contribution in [0.3, 0.4) is 0 Å². The van der Waals surface area contributed by atoms with Gasteiger partial charge in [0.1, 0.15) is 0 Å². The first kappa shape index (κ1) is 29.9. The van der Waals surface area contributed by atoms with Gasteiger partial charge in [-0.25, -0.2) is 0 Å². The van der Waals surface area contributed by atoms with Crippen LogP contribution in [0.25, 0.3) is 0 Å². The topological polar surface area (TPSA) is 18.5 Å². The quantitative estimate of drug-likeness (QED) is 0.102. The van der Waals surface area contributed by atoms with E-state index in [0.717, 1.165) is 44.7 Å². The predicted molar refractivity (Wildman–Crippen MR) is 164 cm³/mol. The van der Waals surface area contributed by atoms with Crippen molar-refractivity contribution in [2.45, 2.75) is 149 Å². The summed E-state index contributed by atoms with van der Waals surface area (Å²) in [4.78, 5) is 0. The molecule has 8 unspecified atom stereocenters. The number of alkyl halides is 2. The summed E-state index contributed by atoms with van der Waals surface area (Å²) in [6, 6.07) is 0. The van der Waals surface area contributed by atoms with Gasteiger partial charge in [-0.3, -0.25) is 0 Å². The molecule has 0 aromatic carbocycles. The van der Waals surface area contributed by atoms with E-state index in [2.05, 4.69) is 59.0 Å². The average Bonchev–Trinajstić information content (AvgIpc) is 2.84. The molecule has 0 bridgehead atoms. The Morgan fingerprint density at radius 3 is 1.44 bits per heavy atom. The lowest BCUT2D eigenvalue weighted by atomic mass is 9.81. The van der Waals surface area contributed by atoms with Crippen LogP contribution in [0.4, 0.5) is 0 Å². The molecule has 0 aromatic rings. The minimum atomic E-state index is 0.506. The Kier molecular flexibility index (Phi) is 15.0. The minimum Gasteiger partial charge on any atom is -0.377 e. The van der Waals surface area contributed by atoms with E-state index in [0.29, 0.717) is 12.2 Å². The molecule has 3 aliphatic carbocycles. The van der Waals surface area contributed by atoms with Crippen molar-refractivity contribution in [3.05, 3.63) is 0 Å². The van der Waals surface area contributed by atoms with Gasteiger partial charge in [0.15, 0.2) is 0 Å². The van der Waals surface area contributed by atoms with E-state index < -0.39 is 0 Å². The van der Waals surface area contributed by atoms with Crippen molar-refractivity contribution in [2.24, 2.45) is 23.7 Å². The number of halogens is 2. The molecular formula is C30H54I2O2. The SMILES string of the molecule is CCCCCC1CCC(OCC2CCCC(COC3CCC(CCCCC)CC3I)C2)C(I)C1. The van der Waals surface area contributed by atoms with Crippen molar-refractivity contribution in [3.63, 3.8) is 0 Å². The fourth-order valence-corrected chi connectivity index (χ4v) is 9.40. The maximum absolute atomic E-state index is 6.57. The van der Waals surface area contributed by atoms with Gasteiger partial charge in [0.05, 0.1) is 12.2 Å². The fourth-order valence-electron chi connectivity index (χ4n) is 6.83. The molecule has 3 rings (SSSR count). The maximum Gasteiger partial charge on any atom is 0.0692 e. The normalized spacial score (nSPS) is 37.1. The van der Waals surface area contributed by atoms with Crippen LogP contribution in [0.1, 0.15) is 129 Å². The van der Waals surface area contributed by atoms with Crippen LogP contribution in [-0.2, 0) is 9.47 Å². The van der Waals surface area contributed by atoms with E-state index >= 15 is 0 Å². The van der Waals surface area contributed by atoms with Gasteiger partial charge in [0.25, 0.3) is 0 Å². The van der Waals surface area contributed by atoms with Gasteiger partial charge < -0.3 is 9.47 Å². The molecule has 0 radical (unpaired) electrons. The smallest absolute Gasteiger partial charge is 0.0692 e. The minimum absolute atomic E-state index is 0.506. The van der Waals surface area contributed by atoms with Crippen LogP contribution in [0.15, 0.2) is 0 Å². The first-order chi connectivity index (χ1) is 16.6. The highest BCUT2D eigenvalue weighted by Crippen LogP contribution is 2.38. The van der Waals surface area contributed by atoms with Gasteiger partial charge in [-0.1, -0.05) is 117 Å². The highest BCUT2D eigenvalue weighted by Gasteiger charge is 2.32. The second-order valence-corrected chi connectivity index (χ2v) is 15.2. The highest BCUT2D eigenvalue weighted by molar-refractivity contribution is 14.1. The van der Waals surface area contributed by atoms with Gasteiger partial charge in [0, 0.05) is 21.1 Å². The summed E-state index contributed by atoms with van der Waals surface area (Å²) in [7, 11) is 0. The third-order valence-electron chi connectivity index (χ3n) is 9.06. The molecule has 0 spiro atoms. The van der Waals surface area contributed by atoms with Gasteiger partial charge in [-0.05, 0) is 81.5 Å². The first-order valence-corrected chi connectivity index (χ1v) is 17.6. The van der Waals surface area contributed by atoms with Gasteiger partial charge >= 0.3 is 0 Å². The molecule has 2 nitrogen and oxygen atoms in total. The number of unbranched alkanes of at least 4 members (excludes halogenated alkanes) is 4. The van der Waals surface area contributed by atoms with Gasteiger partial charge in [-0.2, -0.15) is 0 Å². The second kappa shape index (κ2) is 17.1. The molecule has 0 saturated heterocycles. The zero-order chi connectivity index (χ0) is 24.2. The molecule has 0 N–H and O–H groups in total. The summed E-state index contributed by atoms with van der Waals surface area (Å²) in [5.74, 6) is 3.44. The van der Waals surface area contributed by atoms with E-state index in [1.54, 1.807) is 0 Å².